The van der Waals surface area contributed by atoms with Gasteiger partial charge in [-0.1, -0.05) is 18.2 Å². The lowest BCUT2D eigenvalue weighted by Gasteiger charge is -2.24. The van der Waals surface area contributed by atoms with Crippen LogP contribution in [0.3, 0.4) is 0 Å². The molecule has 0 radical (unpaired) electrons. The maximum Gasteiger partial charge on any atom is 0.416 e. The molecule has 0 amide bonds. The summed E-state index contributed by atoms with van der Waals surface area (Å²) in [7, 11) is -4.59. The van der Waals surface area contributed by atoms with Gasteiger partial charge in [0, 0.05) is 0 Å². The van der Waals surface area contributed by atoms with E-state index in [4.69, 9.17) is 5.11 Å². The second-order valence-electron chi connectivity index (χ2n) is 4.88. The molecule has 0 saturated heterocycles. The quantitative estimate of drug-likeness (QED) is 0.813. The van der Waals surface area contributed by atoms with Crippen LogP contribution in [-0.4, -0.2) is 26.0 Å². The first-order valence-corrected chi connectivity index (χ1v) is 8.14. The minimum atomic E-state index is -4.85. The summed E-state index contributed by atoms with van der Waals surface area (Å²) in [6, 6.07) is 7.55. The lowest BCUT2D eigenvalue weighted by Crippen LogP contribution is -2.36. The number of hydrogen-bond donors (Lipinski definition) is 1. The van der Waals surface area contributed by atoms with Crippen LogP contribution in [-0.2, 0) is 21.0 Å². The minimum absolute atomic E-state index is 0.0925. The van der Waals surface area contributed by atoms with Crippen molar-refractivity contribution in [2.24, 2.45) is 0 Å². The van der Waals surface area contributed by atoms with Crippen molar-refractivity contribution in [3.05, 3.63) is 59.9 Å². The Morgan fingerprint density at radius 2 is 1.68 bits per heavy atom. The molecule has 2 aromatic rings. The summed E-state index contributed by atoms with van der Waals surface area (Å²) in [5.41, 5.74) is -2.30. The summed E-state index contributed by atoms with van der Waals surface area (Å²) in [5.74, 6) is -2.95. The van der Waals surface area contributed by atoms with Gasteiger partial charge in [0.15, 0.2) is 0 Å². The van der Waals surface area contributed by atoms with Crippen LogP contribution < -0.4 is 4.31 Å². The fourth-order valence-electron chi connectivity index (χ4n) is 2.02. The molecule has 10 heteroatoms. The van der Waals surface area contributed by atoms with E-state index in [1.54, 1.807) is 0 Å². The molecule has 1 N–H and O–H groups in total. The van der Waals surface area contributed by atoms with Gasteiger partial charge in [-0.25, -0.2) is 12.8 Å². The smallest absolute Gasteiger partial charge is 0.416 e. The molecule has 0 fully saturated rings. The second kappa shape index (κ2) is 6.71. The van der Waals surface area contributed by atoms with Gasteiger partial charge in [-0.15, -0.1) is 0 Å². The molecule has 0 aliphatic carbocycles. The van der Waals surface area contributed by atoms with Crippen molar-refractivity contribution in [1.29, 1.82) is 0 Å². The molecule has 0 atom stereocenters. The molecule has 0 unspecified atom stereocenters. The fourth-order valence-corrected chi connectivity index (χ4v) is 3.46. The number of rotatable bonds is 5. The number of aliphatic carboxylic acids is 1. The highest BCUT2D eigenvalue weighted by Gasteiger charge is 2.34. The number of alkyl halides is 3. The van der Waals surface area contributed by atoms with E-state index in [1.165, 1.54) is 18.2 Å². The van der Waals surface area contributed by atoms with Crippen molar-refractivity contribution in [1.82, 2.24) is 0 Å². The first-order chi connectivity index (χ1) is 11.5. The van der Waals surface area contributed by atoms with Crippen LogP contribution in [0.4, 0.5) is 23.2 Å². The third kappa shape index (κ3) is 4.08. The van der Waals surface area contributed by atoms with E-state index >= 15 is 0 Å². The van der Waals surface area contributed by atoms with Gasteiger partial charge in [0.05, 0.1) is 16.1 Å². The van der Waals surface area contributed by atoms with Crippen LogP contribution >= 0.6 is 0 Å². The predicted molar refractivity (Wildman–Crippen MR) is 80.0 cm³/mol. The highest BCUT2D eigenvalue weighted by molar-refractivity contribution is 7.92. The molecule has 2 aromatic carbocycles. The Bertz CT molecular complexity index is 882. The van der Waals surface area contributed by atoms with Crippen LogP contribution in [0.25, 0.3) is 0 Å². The number of hydrogen-bond acceptors (Lipinski definition) is 3. The van der Waals surface area contributed by atoms with E-state index in [2.05, 4.69) is 0 Å². The Kier molecular flexibility index (Phi) is 5.02. The van der Waals surface area contributed by atoms with Gasteiger partial charge in [0.25, 0.3) is 10.0 Å². The van der Waals surface area contributed by atoms with E-state index in [-0.39, 0.29) is 15.3 Å². The van der Waals surface area contributed by atoms with Gasteiger partial charge in [-0.05, 0) is 30.3 Å². The van der Waals surface area contributed by atoms with Crippen molar-refractivity contribution in [2.75, 3.05) is 10.8 Å². The molecule has 134 valence electrons. The molecule has 0 aliphatic rings. The summed E-state index contributed by atoms with van der Waals surface area (Å²) in [4.78, 5) is 10.6. The topological polar surface area (TPSA) is 74.7 Å². The molecule has 0 spiro atoms. The number of sulfonamides is 1. The van der Waals surface area contributed by atoms with Gasteiger partial charge in [-0.2, -0.15) is 13.2 Å². The van der Waals surface area contributed by atoms with Crippen molar-refractivity contribution >= 4 is 21.7 Å². The van der Waals surface area contributed by atoms with Gasteiger partial charge >= 0.3 is 12.1 Å². The Labute approximate surface area is 140 Å². The molecule has 2 rings (SSSR count). The minimum Gasteiger partial charge on any atom is -0.480 e. The average molecular weight is 377 g/mol. The predicted octanol–water partition coefficient (Wildman–Crippen LogP) is 3.12. The zero-order valence-electron chi connectivity index (χ0n) is 12.4. The van der Waals surface area contributed by atoms with Crippen molar-refractivity contribution in [3.63, 3.8) is 0 Å². The van der Waals surface area contributed by atoms with E-state index < -0.39 is 45.8 Å². The monoisotopic (exact) mass is 377 g/mol. The number of nitrogens with zero attached hydrogens (tertiary/aromatic N) is 1. The van der Waals surface area contributed by atoms with Crippen LogP contribution in [0, 0.1) is 5.82 Å². The first kappa shape index (κ1) is 18.7. The Morgan fingerprint density at radius 1 is 1.08 bits per heavy atom. The standard InChI is InChI=1S/C15H11F4NO4S/c16-12-7-6-10(15(17,18)19)8-13(12)20(9-14(21)22)25(23,24)11-4-2-1-3-5-11/h1-8H,9H2,(H,21,22). The largest absolute Gasteiger partial charge is 0.480 e. The normalized spacial score (nSPS) is 12.0. The van der Waals surface area contributed by atoms with Gasteiger partial charge in [0.2, 0.25) is 0 Å². The Hall–Kier alpha value is -2.62. The van der Waals surface area contributed by atoms with Crippen molar-refractivity contribution in [3.8, 4) is 0 Å². The number of halogens is 4. The Balaban J connectivity index is 2.65. The van der Waals surface area contributed by atoms with Gasteiger partial charge in [0.1, 0.15) is 12.4 Å². The molecule has 0 heterocycles. The summed E-state index contributed by atoms with van der Waals surface area (Å²) < 4.78 is 77.8. The molecule has 0 aliphatic heterocycles. The Morgan fingerprint density at radius 3 is 2.20 bits per heavy atom. The highest BCUT2D eigenvalue weighted by atomic mass is 32.2. The summed E-state index contributed by atoms with van der Waals surface area (Å²) in [6.45, 7) is -1.24. The summed E-state index contributed by atoms with van der Waals surface area (Å²) in [6.07, 6.45) is -4.85. The molecule has 0 bridgehead atoms. The van der Waals surface area contributed by atoms with Gasteiger partial charge < -0.3 is 5.11 Å². The third-order valence-electron chi connectivity index (χ3n) is 3.15. The van der Waals surface area contributed by atoms with Crippen LogP contribution in [0.1, 0.15) is 5.56 Å². The van der Waals surface area contributed by atoms with Crippen LogP contribution in [0.5, 0.6) is 0 Å². The number of carbonyl (C=O) groups is 1. The van der Waals surface area contributed by atoms with Crippen LogP contribution in [0.15, 0.2) is 53.4 Å². The SMILES string of the molecule is O=C(O)CN(c1cc(C(F)(F)F)ccc1F)S(=O)(=O)c1ccccc1. The van der Waals surface area contributed by atoms with E-state index in [0.29, 0.717) is 12.1 Å². The zero-order valence-corrected chi connectivity index (χ0v) is 13.2. The van der Waals surface area contributed by atoms with Crippen molar-refractivity contribution in [2.45, 2.75) is 11.1 Å². The fraction of sp³-hybridized carbons (Fsp3) is 0.133. The number of carboxylic acids is 1. The highest BCUT2D eigenvalue weighted by Crippen LogP contribution is 2.34. The molecule has 25 heavy (non-hydrogen) atoms. The van der Waals surface area contributed by atoms with Gasteiger partial charge in [-0.3, -0.25) is 9.10 Å². The third-order valence-corrected chi connectivity index (χ3v) is 4.93. The molecule has 5 nitrogen and oxygen atoms in total. The van der Waals surface area contributed by atoms with E-state index in [1.807, 2.05) is 0 Å². The average Bonchev–Trinajstić information content (AvgIpc) is 2.53. The lowest BCUT2D eigenvalue weighted by atomic mass is 10.2. The number of carboxylic acid groups (broad SMARTS) is 1. The first-order valence-electron chi connectivity index (χ1n) is 6.70. The number of anilines is 1. The lowest BCUT2D eigenvalue weighted by molar-refractivity contribution is -0.137. The maximum absolute atomic E-state index is 14.0. The molecule has 0 aromatic heterocycles. The summed E-state index contributed by atoms with van der Waals surface area (Å²) in [5, 5.41) is 8.92. The molecular formula is C15H11F4NO4S. The molecular weight excluding hydrogens is 366 g/mol. The van der Waals surface area contributed by atoms with E-state index in [0.717, 1.165) is 12.1 Å². The van der Waals surface area contributed by atoms with Crippen molar-refractivity contribution < 1.29 is 35.9 Å². The van der Waals surface area contributed by atoms with Crippen LogP contribution in [0.2, 0.25) is 0 Å². The number of benzene rings is 2. The zero-order chi connectivity index (χ0) is 18.8. The van der Waals surface area contributed by atoms with E-state index in [9.17, 15) is 30.8 Å². The molecule has 0 saturated carbocycles. The summed E-state index contributed by atoms with van der Waals surface area (Å²) >= 11 is 0. The maximum atomic E-state index is 14.0. The second-order valence-corrected chi connectivity index (χ2v) is 6.74.